The molecule has 0 aliphatic heterocycles. The SMILES string of the molecule is CC(C)C(NCc1ccn(-c2ccccc2)n1)C(=O)O. The fourth-order valence-electron chi connectivity index (χ4n) is 2.00. The second-order valence-electron chi connectivity index (χ2n) is 5.03. The van der Waals surface area contributed by atoms with Crippen molar-refractivity contribution in [3.05, 3.63) is 48.3 Å². The first kappa shape index (κ1) is 14.3. The van der Waals surface area contributed by atoms with E-state index < -0.39 is 12.0 Å². The predicted molar refractivity (Wildman–Crippen MR) is 76.7 cm³/mol. The van der Waals surface area contributed by atoms with E-state index in [1.807, 2.05) is 56.4 Å². The van der Waals surface area contributed by atoms with E-state index >= 15 is 0 Å². The van der Waals surface area contributed by atoms with Crippen molar-refractivity contribution in [2.75, 3.05) is 0 Å². The Balaban J connectivity index is 2.02. The third-order valence-corrected chi connectivity index (χ3v) is 3.10. The third kappa shape index (κ3) is 3.45. The van der Waals surface area contributed by atoms with E-state index in [1.54, 1.807) is 4.68 Å². The van der Waals surface area contributed by atoms with Gasteiger partial charge in [0.2, 0.25) is 0 Å². The van der Waals surface area contributed by atoms with Crippen LogP contribution in [0.3, 0.4) is 0 Å². The summed E-state index contributed by atoms with van der Waals surface area (Å²) in [5.41, 5.74) is 1.80. The number of para-hydroxylation sites is 1. The van der Waals surface area contributed by atoms with Gasteiger partial charge in [-0.25, -0.2) is 4.68 Å². The van der Waals surface area contributed by atoms with Crippen molar-refractivity contribution in [1.82, 2.24) is 15.1 Å². The van der Waals surface area contributed by atoms with Gasteiger partial charge in [0.15, 0.2) is 0 Å². The molecule has 1 unspecified atom stereocenters. The number of benzene rings is 1. The van der Waals surface area contributed by atoms with Crippen LogP contribution in [0.4, 0.5) is 0 Å². The summed E-state index contributed by atoms with van der Waals surface area (Å²) in [5.74, 6) is -0.800. The Kier molecular flexibility index (Phi) is 4.53. The number of hydrogen-bond donors (Lipinski definition) is 2. The van der Waals surface area contributed by atoms with Gasteiger partial charge in [-0.2, -0.15) is 5.10 Å². The minimum atomic E-state index is -0.831. The van der Waals surface area contributed by atoms with E-state index in [-0.39, 0.29) is 5.92 Å². The van der Waals surface area contributed by atoms with Crippen LogP contribution in [-0.2, 0) is 11.3 Å². The number of aliphatic carboxylic acids is 1. The molecule has 0 aliphatic rings. The molecule has 2 aromatic rings. The highest BCUT2D eigenvalue weighted by atomic mass is 16.4. The minimum Gasteiger partial charge on any atom is -0.480 e. The highest BCUT2D eigenvalue weighted by Crippen LogP contribution is 2.08. The first-order valence-electron chi connectivity index (χ1n) is 6.64. The molecule has 1 aromatic carbocycles. The first-order chi connectivity index (χ1) is 9.58. The van der Waals surface area contributed by atoms with Crippen molar-refractivity contribution in [2.45, 2.75) is 26.4 Å². The number of nitrogens with one attached hydrogen (secondary N) is 1. The third-order valence-electron chi connectivity index (χ3n) is 3.10. The average molecular weight is 273 g/mol. The maximum Gasteiger partial charge on any atom is 0.320 e. The maximum absolute atomic E-state index is 11.1. The number of hydrogen-bond acceptors (Lipinski definition) is 3. The number of rotatable bonds is 6. The van der Waals surface area contributed by atoms with Gasteiger partial charge in [0.25, 0.3) is 0 Å². The summed E-state index contributed by atoms with van der Waals surface area (Å²) < 4.78 is 1.78. The summed E-state index contributed by atoms with van der Waals surface area (Å²) in [7, 11) is 0. The number of carbonyl (C=O) groups is 1. The molecule has 0 radical (unpaired) electrons. The summed E-state index contributed by atoms with van der Waals surface area (Å²) in [6.07, 6.45) is 1.87. The van der Waals surface area contributed by atoms with Crippen LogP contribution in [0, 0.1) is 5.92 Å². The van der Waals surface area contributed by atoms with Gasteiger partial charge in [0.1, 0.15) is 6.04 Å². The second kappa shape index (κ2) is 6.34. The van der Waals surface area contributed by atoms with Crippen LogP contribution in [-0.4, -0.2) is 26.9 Å². The van der Waals surface area contributed by atoms with Crippen molar-refractivity contribution in [2.24, 2.45) is 5.92 Å². The average Bonchev–Trinajstić information content (AvgIpc) is 2.88. The van der Waals surface area contributed by atoms with Gasteiger partial charge in [0, 0.05) is 12.7 Å². The molecule has 5 heteroatoms. The van der Waals surface area contributed by atoms with E-state index in [2.05, 4.69) is 10.4 Å². The zero-order valence-electron chi connectivity index (χ0n) is 11.7. The van der Waals surface area contributed by atoms with Gasteiger partial charge in [-0.1, -0.05) is 32.0 Å². The lowest BCUT2D eigenvalue weighted by Gasteiger charge is -2.16. The molecule has 0 bridgehead atoms. The molecule has 2 N–H and O–H groups in total. The first-order valence-corrected chi connectivity index (χ1v) is 6.64. The Morgan fingerprint density at radius 3 is 2.60 bits per heavy atom. The monoisotopic (exact) mass is 273 g/mol. The molecule has 0 saturated carbocycles. The summed E-state index contributed by atoms with van der Waals surface area (Å²) >= 11 is 0. The lowest BCUT2D eigenvalue weighted by atomic mass is 10.0. The summed E-state index contributed by atoms with van der Waals surface area (Å²) in [6.45, 7) is 4.21. The van der Waals surface area contributed by atoms with Gasteiger partial charge in [-0.3, -0.25) is 10.1 Å². The zero-order chi connectivity index (χ0) is 14.5. The van der Waals surface area contributed by atoms with Crippen molar-refractivity contribution in [3.8, 4) is 5.69 Å². The van der Waals surface area contributed by atoms with E-state index in [4.69, 9.17) is 5.11 Å². The van der Waals surface area contributed by atoms with Crippen LogP contribution in [0.15, 0.2) is 42.6 Å². The normalized spacial score (nSPS) is 12.6. The van der Waals surface area contributed by atoms with Crippen molar-refractivity contribution < 1.29 is 9.90 Å². The Morgan fingerprint density at radius 2 is 2.00 bits per heavy atom. The number of aromatic nitrogens is 2. The van der Waals surface area contributed by atoms with Crippen LogP contribution in [0.1, 0.15) is 19.5 Å². The zero-order valence-corrected chi connectivity index (χ0v) is 11.7. The molecular formula is C15H19N3O2. The molecule has 0 saturated heterocycles. The van der Waals surface area contributed by atoms with Gasteiger partial charge < -0.3 is 5.11 Å². The largest absolute Gasteiger partial charge is 0.480 e. The molecule has 106 valence electrons. The lowest BCUT2D eigenvalue weighted by molar-refractivity contribution is -0.140. The highest BCUT2D eigenvalue weighted by Gasteiger charge is 2.20. The summed E-state index contributed by atoms with van der Waals surface area (Å²) in [6, 6.07) is 11.1. The van der Waals surface area contributed by atoms with Crippen LogP contribution in [0.5, 0.6) is 0 Å². The maximum atomic E-state index is 11.1. The molecule has 2 rings (SSSR count). The topological polar surface area (TPSA) is 67.2 Å². The fourth-order valence-corrected chi connectivity index (χ4v) is 2.00. The molecular weight excluding hydrogens is 254 g/mol. The molecule has 1 atom stereocenters. The van der Waals surface area contributed by atoms with Gasteiger partial charge in [0.05, 0.1) is 11.4 Å². The predicted octanol–water partition coefficient (Wildman–Crippen LogP) is 2.07. The number of carboxylic acids is 1. The van der Waals surface area contributed by atoms with Gasteiger partial charge in [-0.05, 0) is 24.1 Å². The Labute approximate surface area is 118 Å². The molecule has 0 spiro atoms. The summed E-state index contributed by atoms with van der Waals surface area (Å²) in [4.78, 5) is 11.1. The molecule has 5 nitrogen and oxygen atoms in total. The number of nitrogens with zero attached hydrogens (tertiary/aromatic N) is 2. The van der Waals surface area contributed by atoms with Crippen molar-refractivity contribution >= 4 is 5.97 Å². The van der Waals surface area contributed by atoms with Gasteiger partial charge in [-0.15, -0.1) is 0 Å². The molecule has 0 aliphatic carbocycles. The quantitative estimate of drug-likeness (QED) is 0.845. The smallest absolute Gasteiger partial charge is 0.320 e. The highest BCUT2D eigenvalue weighted by molar-refractivity contribution is 5.73. The summed E-state index contributed by atoms with van der Waals surface area (Å²) in [5, 5.41) is 16.6. The Morgan fingerprint density at radius 1 is 1.30 bits per heavy atom. The molecule has 1 aromatic heterocycles. The lowest BCUT2D eigenvalue weighted by Crippen LogP contribution is -2.40. The van der Waals surface area contributed by atoms with E-state index in [9.17, 15) is 4.79 Å². The Bertz CT molecular complexity index is 564. The second-order valence-corrected chi connectivity index (χ2v) is 5.03. The Hall–Kier alpha value is -2.14. The van der Waals surface area contributed by atoms with Crippen LogP contribution in [0.25, 0.3) is 5.69 Å². The van der Waals surface area contributed by atoms with Gasteiger partial charge >= 0.3 is 5.97 Å². The van der Waals surface area contributed by atoms with Crippen LogP contribution in [0.2, 0.25) is 0 Å². The fraction of sp³-hybridized carbons (Fsp3) is 0.333. The molecule has 0 amide bonds. The standard InChI is InChI=1S/C15H19N3O2/c1-11(2)14(15(19)20)16-10-12-8-9-18(17-12)13-6-4-3-5-7-13/h3-9,11,14,16H,10H2,1-2H3,(H,19,20). The number of carboxylic acid groups (broad SMARTS) is 1. The minimum absolute atomic E-state index is 0.0312. The molecule has 1 heterocycles. The molecule has 20 heavy (non-hydrogen) atoms. The van der Waals surface area contributed by atoms with Crippen molar-refractivity contribution in [3.63, 3.8) is 0 Å². The van der Waals surface area contributed by atoms with Crippen LogP contribution >= 0.6 is 0 Å². The van der Waals surface area contributed by atoms with E-state index in [1.165, 1.54) is 0 Å². The molecule has 0 fully saturated rings. The van der Waals surface area contributed by atoms with Crippen LogP contribution < -0.4 is 5.32 Å². The van der Waals surface area contributed by atoms with E-state index in [0.717, 1.165) is 11.4 Å². The van der Waals surface area contributed by atoms with E-state index in [0.29, 0.717) is 6.54 Å². The van der Waals surface area contributed by atoms with Crippen molar-refractivity contribution in [1.29, 1.82) is 0 Å².